The van der Waals surface area contributed by atoms with E-state index < -0.39 is 0 Å². The van der Waals surface area contributed by atoms with E-state index in [1.165, 1.54) is 0 Å². The Labute approximate surface area is 97.8 Å². The van der Waals surface area contributed by atoms with Crippen molar-refractivity contribution < 1.29 is 4.79 Å². The number of aryl methyl sites for hydroxylation is 1. The third kappa shape index (κ3) is 1.72. The second-order valence-corrected chi connectivity index (χ2v) is 3.64. The number of halogens is 1. The largest absolute Gasteiger partial charge is 0.296 e. The number of rotatable bonds is 3. The number of nitrogens with zero attached hydrogens (tertiary/aromatic N) is 3. The zero-order valence-electron chi connectivity index (χ0n) is 8.72. The summed E-state index contributed by atoms with van der Waals surface area (Å²) in [5.74, 6) is 0. The van der Waals surface area contributed by atoms with E-state index in [9.17, 15) is 4.79 Å². The lowest BCUT2D eigenvalue weighted by Crippen LogP contribution is -2.01. The monoisotopic (exact) mass is 235 g/mol. The first-order valence-corrected chi connectivity index (χ1v) is 5.29. The smallest absolute Gasteiger partial charge is 0.170 e. The minimum Gasteiger partial charge on any atom is -0.296 e. The molecule has 5 heteroatoms. The van der Waals surface area contributed by atoms with Crippen LogP contribution >= 0.6 is 11.6 Å². The van der Waals surface area contributed by atoms with Gasteiger partial charge in [0.15, 0.2) is 6.29 Å². The number of aldehydes is 1. The van der Waals surface area contributed by atoms with Gasteiger partial charge in [0.25, 0.3) is 0 Å². The summed E-state index contributed by atoms with van der Waals surface area (Å²) >= 11 is 6.05. The lowest BCUT2D eigenvalue weighted by molar-refractivity contribution is 0.111. The van der Waals surface area contributed by atoms with Gasteiger partial charge in [-0.1, -0.05) is 35.0 Å². The van der Waals surface area contributed by atoms with Crippen molar-refractivity contribution in [2.24, 2.45) is 0 Å². The predicted molar refractivity (Wildman–Crippen MR) is 61.5 cm³/mol. The summed E-state index contributed by atoms with van der Waals surface area (Å²) < 4.78 is 1.55. The summed E-state index contributed by atoms with van der Waals surface area (Å²) in [6.07, 6.45) is 0.752. The zero-order valence-corrected chi connectivity index (χ0v) is 9.48. The van der Waals surface area contributed by atoms with Crippen LogP contribution in [0.4, 0.5) is 0 Å². The van der Waals surface area contributed by atoms with E-state index in [2.05, 4.69) is 10.3 Å². The molecular formula is C11H10ClN3O. The lowest BCUT2D eigenvalue weighted by Gasteiger charge is -2.01. The van der Waals surface area contributed by atoms with Crippen LogP contribution in [0.3, 0.4) is 0 Å². The van der Waals surface area contributed by atoms with Crippen molar-refractivity contribution in [1.82, 2.24) is 15.0 Å². The van der Waals surface area contributed by atoms with Gasteiger partial charge in [-0.2, -0.15) is 0 Å². The summed E-state index contributed by atoms with van der Waals surface area (Å²) in [5, 5.41) is 8.45. The molecule has 2 aromatic rings. The Bertz CT molecular complexity index is 522. The highest BCUT2D eigenvalue weighted by molar-refractivity contribution is 6.33. The minimum atomic E-state index is 0.454. The maximum absolute atomic E-state index is 11.0. The molecule has 4 nitrogen and oxygen atoms in total. The molecule has 16 heavy (non-hydrogen) atoms. The van der Waals surface area contributed by atoms with Crippen molar-refractivity contribution in [1.29, 1.82) is 0 Å². The number of benzene rings is 1. The third-order valence-electron chi connectivity index (χ3n) is 2.31. The summed E-state index contributed by atoms with van der Waals surface area (Å²) in [6.45, 7) is 2.50. The number of carbonyl (C=O) groups excluding carboxylic acids is 1. The average molecular weight is 236 g/mol. The summed E-state index contributed by atoms with van der Waals surface area (Å²) in [7, 11) is 0. The molecule has 0 atom stereocenters. The molecule has 0 aliphatic heterocycles. The quantitative estimate of drug-likeness (QED) is 0.768. The fourth-order valence-electron chi connectivity index (χ4n) is 1.52. The van der Waals surface area contributed by atoms with Crippen LogP contribution < -0.4 is 0 Å². The van der Waals surface area contributed by atoms with Crippen LogP contribution in [0.25, 0.3) is 11.3 Å². The van der Waals surface area contributed by atoms with Gasteiger partial charge >= 0.3 is 0 Å². The second-order valence-electron chi connectivity index (χ2n) is 3.24. The Hall–Kier alpha value is -1.68. The lowest BCUT2D eigenvalue weighted by atomic mass is 10.1. The number of hydrogen-bond donors (Lipinski definition) is 0. The Balaban J connectivity index is 2.61. The molecule has 0 aliphatic rings. The first-order valence-electron chi connectivity index (χ1n) is 4.91. The van der Waals surface area contributed by atoms with Crippen molar-refractivity contribution in [2.75, 3.05) is 0 Å². The van der Waals surface area contributed by atoms with E-state index in [0.717, 1.165) is 11.8 Å². The normalized spacial score (nSPS) is 10.4. The highest BCUT2D eigenvalue weighted by Crippen LogP contribution is 2.27. The Morgan fingerprint density at radius 3 is 2.81 bits per heavy atom. The fraction of sp³-hybridized carbons (Fsp3) is 0.182. The molecule has 0 radical (unpaired) electrons. The Kier molecular flexibility index (Phi) is 3.01. The van der Waals surface area contributed by atoms with Crippen molar-refractivity contribution in [3.8, 4) is 11.3 Å². The zero-order chi connectivity index (χ0) is 11.5. The van der Waals surface area contributed by atoms with E-state index in [-0.39, 0.29) is 0 Å². The highest BCUT2D eigenvalue weighted by Gasteiger charge is 2.14. The van der Waals surface area contributed by atoms with Crippen LogP contribution in [0.5, 0.6) is 0 Å². The van der Waals surface area contributed by atoms with Crippen LogP contribution in [0, 0.1) is 0 Å². The number of hydrogen-bond acceptors (Lipinski definition) is 3. The van der Waals surface area contributed by atoms with E-state index >= 15 is 0 Å². The predicted octanol–water partition coefficient (Wildman–Crippen LogP) is 2.43. The van der Waals surface area contributed by atoms with Gasteiger partial charge in [-0.25, -0.2) is 4.68 Å². The second kappa shape index (κ2) is 4.45. The molecule has 0 spiro atoms. The SMILES string of the molecule is CCn1nnc(-c2ccccc2Cl)c1C=O. The van der Waals surface area contributed by atoms with Gasteiger partial charge in [-0.05, 0) is 13.0 Å². The molecule has 0 unspecified atom stereocenters. The standard InChI is InChI=1S/C11H10ClN3O/c1-2-15-10(7-16)11(13-14-15)8-5-3-4-6-9(8)12/h3-7H,2H2,1H3. The first-order chi connectivity index (χ1) is 7.77. The van der Waals surface area contributed by atoms with Gasteiger partial charge in [0.1, 0.15) is 11.4 Å². The molecule has 82 valence electrons. The van der Waals surface area contributed by atoms with Gasteiger partial charge in [0.2, 0.25) is 0 Å². The van der Waals surface area contributed by atoms with E-state index in [1.54, 1.807) is 10.7 Å². The Morgan fingerprint density at radius 2 is 2.19 bits per heavy atom. The van der Waals surface area contributed by atoms with E-state index in [1.807, 2.05) is 25.1 Å². The highest BCUT2D eigenvalue weighted by atomic mass is 35.5. The molecule has 1 heterocycles. The van der Waals surface area contributed by atoms with Gasteiger partial charge in [0.05, 0.1) is 5.02 Å². The molecule has 0 saturated heterocycles. The first kappa shape index (κ1) is 10.8. The molecule has 0 bridgehead atoms. The fourth-order valence-corrected chi connectivity index (χ4v) is 1.74. The van der Waals surface area contributed by atoms with Gasteiger partial charge in [-0.15, -0.1) is 5.10 Å². The van der Waals surface area contributed by atoms with Crippen LogP contribution in [0.2, 0.25) is 5.02 Å². The molecule has 1 aromatic heterocycles. The van der Waals surface area contributed by atoms with Crippen LogP contribution in [-0.4, -0.2) is 21.3 Å². The van der Waals surface area contributed by atoms with Crippen LogP contribution in [0.15, 0.2) is 24.3 Å². The van der Waals surface area contributed by atoms with Crippen molar-refractivity contribution >= 4 is 17.9 Å². The maximum atomic E-state index is 11.0. The van der Waals surface area contributed by atoms with Crippen LogP contribution in [0.1, 0.15) is 17.4 Å². The molecule has 1 aromatic carbocycles. The molecule has 0 aliphatic carbocycles. The average Bonchev–Trinajstić information content (AvgIpc) is 2.72. The van der Waals surface area contributed by atoms with Crippen molar-refractivity contribution in [2.45, 2.75) is 13.5 Å². The van der Waals surface area contributed by atoms with Crippen molar-refractivity contribution in [3.05, 3.63) is 35.0 Å². The summed E-state index contributed by atoms with van der Waals surface area (Å²) in [6, 6.07) is 7.26. The molecule has 2 rings (SSSR count). The van der Waals surface area contributed by atoms with Crippen molar-refractivity contribution in [3.63, 3.8) is 0 Å². The van der Waals surface area contributed by atoms with Gasteiger partial charge in [-0.3, -0.25) is 4.79 Å². The Morgan fingerprint density at radius 1 is 1.44 bits per heavy atom. The van der Waals surface area contributed by atoms with Crippen LogP contribution in [-0.2, 0) is 6.54 Å². The third-order valence-corrected chi connectivity index (χ3v) is 2.64. The number of aromatic nitrogens is 3. The number of carbonyl (C=O) groups is 1. The molecule has 0 saturated carbocycles. The van der Waals surface area contributed by atoms with Gasteiger partial charge in [0, 0.05) is 12.1 Å². The minimum absolute atomic E-state index is 0.454. The van der Waals surface area contributed by atoms with E-state index in [0.29, 0.717) is 23.0 Å². The summed E-state index contributed by atoms with van der Waals surface area (Å²) in [5.41, 5.74) is 1.71. The summed E-state index contributed by atoms with van der Waals surface area (Å²) in [4.78, 5) is 11.0. The topological polar surface area (TPSA) is 47.8 Å². The molecular weight excluding hydrogens is 226 g/mol. The molecule has 0 amide bonds. The molecule has 0 N–H and O–H groups in total. The maximum Gasteiger partial charge on any atom is 0.170 e. The molecule has 0 fully saturated rings. The van der Waals surface area contributed by atoms with E-state index in [4.69, 9.17) is 11.6 Å². The van der Waals surface area contributed by atoms with Gasteiger partial charge < -0.3 is 0 Å².